The Bertz CT molecular complexity index is 821. The minimum absolute atomic E-state index is 0.0376. The summed E-state index contributed by atoms with van der Waals surface area (Å²) in [4.78, 5) is 9.86. The number of aromatic nitrogens is 1. The summed E-state index contributed by atoms with van der Waals surface area (Å²) in [7, 11) is 0. The number of fused-ring (bicyclic) bond motifs is 2. The number of hydrogen-bond donors (Lipinski definition) is 2. The first kappa shape index (κ1) is 18.0. The summed E-state index contributed by atoms with van der Waals surface area (Å²) < 4.78 is 0. The summed E-state index contributed by atoms with van der Waals surface area (Å²) >= 11 is 0. The third-order valence-corrected chi connectivity index (χ3v) is 5.93. The van der Waals surface area contributed by atoms with Crippen molar-refractivity contribution in [2.75, 3.05) is 10.6 Å². The van der Waals surface area contributed by atoms with Crippen molar-refractivity contribution >= 4 is 17.2 Å². The van der Waals surface area contributed by atoms with Gasteiger partial charge in [-0.05, 0) is 49.4 Å². The first-order valence-electron chi connectivity index (χ1n) is 10.5. The maximum Gasteiger partial charge on any atom is 0.127 e. The molecule has 27 heavy (non-hydrogen) atoms. The van der Waals surface area contributed by atoms with Crippen LogP contribution in [0.5, 0.6) is 0 Å². The molecule has 4 nitrogen and oxygen atoms in total. The molecular formula is C23H30N4. The van der Waals surface area contributed by atoms with Crippen LogP contribution in [-0.4, -0.2) is 16.4 Å². The van der Waals surface area contributed by atoms with Crippen molar-refractivity contribution in [1.29, 1.82) is 0 Å². The van der Waals surface area contributed by atoms with Crippen molar-refractivity contribution in [2.24, 2.45) is 4.99 Å². The predicted octanol–water partition coefficient (Wildman–Crippen LogP) is 5.73. The normalized spacial score (nSPS) is 23.5. The molecule has 1 unspecified atom stereocenters. The van der Waals surface area contributed by atoms with Crippen LogP contribution in [0.15, 0.2) is 47.6 Å². The maximum atomic E-state index is 5.23. The largest absolute Gasteiger partial charge is 0.371 e. The van der Waals surface area contributed by atoms with Gasteiger partial charge in [0.25, 0.3) is 0 Å². The van der Waals surface area contributed by atoms with E-state index in [1.807, 2.05) is 26.1 Å². The lowest BCUT2D eigenvalue weighted by Gasteiger charge is -2.44. The Hall–Kier alpha value is -2.36. The van der Waals surface area contributed by atoms with Crippen LogP contribution >= 0.6 is 0 Å². The number of benzene rings is 1. The van der Waals surface area contributed by atoms with Crippen molar-refractivity contribution in [1.82, 2.24) is 4.98 Å². The molecule has 5 rings (SSSR count). The van der Waals surface area contributed by atoms with Crippen LogP contribution in [0.4, 0.5) is 11.4 Å². The molecule has 3 aliphatic rings. The lowest BCUT2D eigenvalue weighted by molar-refractivity contribution is 0.401. The fourth-order valence-electron chi connectivity index (χ4n) is 4.61. The van der Waals surface area contributed by atoms with Gasteiger partial charge in [-0.3, -0.25) is 9.98 Å². The fraction of sp³-hybridized carbons (Fsp3) is 0.478. The van der Waals surface area contributed by atoms with E-state index in [1.54, 1.807) is 0 Å². The van der Waals surface area contributed by atoms with Crippen molar-refractivity contribution in [2.45, 2.75) is 70.4 Å². The second-order valence-corrected chi connectivity index (χ2v) is 7.52. The van der Waals surface area contributed by atoms with Gasteiger partial charge < -0.3 is 10.6 Å². The first-order chi connectivity index (χ1) is 13.3. The number of rotatable bonds is 1. The van der Waals surface area contributed by atoms with Crippen molar-refractivity contribution < 1.29 is 0 Å². The molecule has 1 aliphatic heterocycles. The molecule has 4 heteroatoms. The number of pyridine rings is 1. The quantitative estimate of drug-likeness (QED) is 0.680. The van der Waals surface area contributed by atoms with Gasteiger partial charge in [0.15, 0.2) is 0 Å². The Morgan fingerprint density at radius 2 is 1.78 bits per heavy atom. The molecule has 0 bridgehead atoms. The zero-order chi connectivity index (χ0) is 18.7. The summed E-state index contributed by atoms with van der Waals surface area (Å²) in [6, 6.07) is 12.9. The Balaban J connectivity index is 0.000000872. The van der Waals surface area contributed by atoms with Gasteiger partial charge in [-0.15, -0.1) is 0 Å². The molecule has 0 radical (unpaired) electrons. The number of aliphatic imine (C=N–C) groups is 1. The van der Waals surface area contributed by atoms with Gasteiger partial charge in [-0.2, -0.15) is 0 Å². The molecule has 0 saturated heterocycles. The van der Waals surface area contributed by atoms with E-state index >= 15 is 0 Å². The van der Waals surface area contributed by atoms with E-state index in [4.69, 9.17) is 4.99 Å². The molecule has 1 aromatic carbocycles. The molecule has 2 N–H and O–H groups in total. The van der Waals surface area contributed by atoms with E-state index in [2.05, 4.69) is 45.9 Å². The highest BCUT2D eigenvalue weighted by Gasteiger charge is 2.41. The SMILES string of the molecule is CC.c1cnc2c(c1)CCC2N=C1Nc2ccccc2NC12CCCCC2. The standard InChI is InChI=1S/C21H24N4.C2H6/c1-4-12-21(13-5-1)20(23-16-8-2-3-9-17(16)25-21)24-18-11-10-15-7-6-14-22-19(15)18;1-2/h2-3,6-9,14,18,25H,1,4-5,10-13H2,(H,23,24);1-2H3. The molecular weight excluding hydrogens is 332 g/mol. The number of anilines is 2. The lowest BCUT2D eigenvalue weighted by atomic mass is 9.79. The average molecular weight is 363 g/mol. The number of amidine groups is 1. The number of nitrogens with one attached hydrogen (secondary N) is 2. The topological polar surface area (TPSA) is 49.3 Å². The molecule has 142 valence electrons. The van der Waals surface area contributed by atoms with Gasteiger partial charge in [-0.25, -0.2) is 0 Å². The zero-order valence-corrected chi connectivity index (χ0v) is 16.5. The highest BCUT2D eigenvalue weighted by molar-refractivity contribution is 6.09. The number of para-hydroxylation sites is 2. The van der Waals surface area contributed by atoms with E-state index in [0.717, 1.165) is 37.2 Å². The third-order valence-electron chi connectivity index (χ3n) is 5.93. The van der Waals surface area contributed by atoms with Crippen molar-refractivity contribution in [3.63, 3.8) is 0 Å². The van der Waals surface area contributed by atoms with Gasteiger partial charge in [0.2, 0.25) is 0 Å². The second kappa shape index (κ2) is 7.71. The number of hydrogen-bond acceptors (Lipinski definition) is 3. The Kier molecular flexibility index (Phi) is 5.15. The van der Waals surface area contributed by atoms with E-state index < -0.39 is 0 Å². The minimum atomic E-state index is -0.0376. The fourth-order valence-corrected chi connectivity index (χ4v) is 4.61. The summed E-state index contributed by atoms with van der Waals surface area (Å²) in [5.41, 5.74) is 4.83. The van der Waals surface area contributed by atoms with Crippen LogP contribution in [0.3, 0.4) is 0 Å². The lowest BCUT2D eigenvalue weighted by Crippen LogP contribution is -2.53. The molecule has 1 fully saturated rings. The van der Waals surface area contributed by atoms with Crippen LogP contribution < -0.4 is 10.6 Å². The van der Waals surface area contributed by atoms with Crippen LogP contribution in [-0.2, 0) is 6.42 Å². The van der Waals surface area contributed by atoms with Gasteiger partial charge in [0.05, 0.1) is 28.6 Å². The van der Waals surface area contributed by atoms with Gasteiger partial charge in [-0.1, -0.05) is 51.3 Å². The summed E-state index contributed by atoms with van der Waals surface area (Å²) in [5.74, 6) is 1.12. The Morgan fingerprint density at radius 3 is 2.59 bits per heavy atom. The monoisotopic (exact) mass is 362 g/mol. The van der Waals surface area contributed by atoms with Crippen LogP contribution in [0, 0.1) is 0 Å². The van der Waals surface area contributed by atoms with Crippen LogP contribution in [0.2, 0.25) is 0 Å². The molecule has 2 aliphatic carbocycles. The smallest absolute Gasteiger partial charge is 0.127 e. The second-order valence-electron chi connectivity index (χ2n) is 7.52. The predicted molar refractivity (Wildman–Crippen MR) is 114 cm³/mol. The molecule has 2 heterocycles. The van der Waals surface area contributed by atoms with Crippen molar-refractivity contribution in [3.8, 4) is 0 Å². The third kappa shape index (κ3) is 3.33. The number of aryl methyl sites for hydroxylation is 1. The highest BCUT2D eigenvalue weighted by Crippen LogP contribution is 2.41. The molecule has 0 amide bonds. The van der Waals surface area contributed by atoms with E-state index in [0.29, 0.717) is 0 Å². The molecule has 1 spiro atoms. The number of nitrogens with zero attached hydrogens (tertiary/aromatic N) is 2. The minimum Gasteiger partial charge on any atom is -0.371 e. The Labute approximate surface area is 162 Å². The molecule has 1 atom stereocenters. The van der Waals surface area contributed by atoms with E-state index in [-0.39, 0.29) is 11.6 Å². The van der Waals surface area contributed by atoms with Crippen LogP contribution in [0.1, 0.15) is 69.7 Å². The first-order valence-corrected chi connectivity index (χ1v) is 10.5. The molecule has 2 aromatic rings. The summed E-state index contributed by atoms with van der Waals surface area (Å²) in [6.07, 6.45) is 10.2. The molecule has 1 aromatic heterocycles. The van der Waals surface area contributed by atoms with E-state index in [1.165, 1.54) is 36.2 Å². The van der Waals surface area contributed by atoms with Gasteiger partial charge >= 0.3 is 0 Å². The van der Waals surface area contributed by atoms with Gasteiger partial charge in [0, 0.05) is 6.20 Å². The average Bonchev–Trinajstić information content (AvgIpc) is 3.14. The van der Waals surface area contributed by atoms with Crippen molar-refractivity contribution in [3.05, 3.63) is 53.9 Å². The molecule has 1 saturated carbocycles. The van der Waals surface area contributed by atoms with Gasteiger partial charge in [0.1, 0.15) is 5.84 Å². The summed E-state index contributed by atoms with van der Waals surface area (Å²) in [5, 5.41) is 7.52. The zero-order valence-electron chi connectivity index (χ0n) is 16.5. The highest BCUT2D eigenvalue weighted by atomic mass is 15.2. The van der Waals surface area contributed by atoms with Crippen LogP contribution in [0.25, 0.3) is 0 Å². The Morgan fingerprint density at radius 1 is 1.00 bits per heavy atom. The maximum absolute atomic E-state index is 5.23. The van der Waals surface area contributed by atoms with E-state index in [9.17, 15) is 0 Å². The summed E-state index contributed by atoms with van der Waals surface area (Å²) in [6.45, 7) is 4.00.